The van der Waals surface area contributed by atoms with Gasteiger partial charge in [0.1, 0.15) is 6.26 Å². The van der Waals surface area contributed by atoms with E-state index in [2.05, 4.69) is 21.1 Å². The Bertz CT molecular complexity index is 840. The maximum atomic E-state index is 12.5. The molecule has 1 aromatic heterocycles. The second-order valence-corrected chi connectivity index (χ2v) is 5.53. The average molecular weight is 356 g/mol. The molecule has 3 rings (SSSR count). The van der Waals surface area contributed by atoms with Crippen LogP contribution < -0.4 is 0 Å². The highest BCUT2D eigenvalue weighted by molar-refractivity contribution is 9.10. The van der Waals surface area contributed by atoms with E-state index in [9.17, 15) is 9.59 Å². The van der Waals surface area contributed by atoms with Gasteiger partial charge in [-0.05, 0) is 12.1 Å². The molecule has 3 aromatic rings. The van der Waals surface area contributed by atoms with Gasteiger partial charge in [-0.25, -0.2) is 0 Å². The monoisotopic (exact) mass is 355 g/mol. The second-order valence-electron chi connectivity index (χ2n) is 4.61. The Morgan fingerprint density at radius 1 is 0.909 bits per heavy atom. The number of rotatable bonds is 4. The van der Waals surface area contributed by atoms with Gasteiger partial charge in [0.05, 0.1) is 5.56 Å². The highest BCUT2D eigenvalue weighted by Crippen LogP contribution is 2.19. The molecule has 0 N–H and O–H groups in total. The number of nitrogens with zero attached hydrogens (tertiary/aromatic N) is 1. The molecule has 0 saturated heterocycles. The van der Waals surface area contributed by atoms with Gasteiger partial charge >= 0.3 is 0 Å². The number of hydrogen-bond acceptors (Lipinski definition) is 4. The van der Waals surface area contributed by atoms with Gasteiger partial charge in [-0.1, -0.05) is 63.6 Å². The number of benzene rings is 2. The van der Waals surface area contributed by atoms with E-state index in [1.165, 1.54) is 6.26 Å². The summed E-state index contributed by atoms with van der Waals surface area (Å²) in [4.78, 5) is 25.0. The average Bonchev–Trinajstić information content (AvgIpc) is 3.04. The lowest BCUT2D eigenvalue weighted by Gasteiger charge is -2.01. The van der Waals surface area contributed by atoms with Crippen molar-refractivity contribution in [3.05, 3.63) is 87.7 Å². The van der Waals surface area contributed by atoms with Crippen molar-refractivity contribution in [3.63, 3.8) is 0 Å². The van der Waals surface area contributed by atoms with Crippen LogP contribution in [0.3, 0.4) is 0 Å². The van der Waals surface area contributed by atoms with Crippen LogP contribution in [-0.2, 0) is 0 Å². The van der Waals surface area contributed by atoms with Crippen LogP contribution >= 0.6 is 15.9 Å². The van der Waals surface area contributed by atoms with Gasteiger partial charge in [-0.3, -0.25) is 9.59 Å². The summed E-state index contributed by atoms with van der Waals surface area (Å²) >= 11 is 3.31. The smallest absolute Gasteiger partial charge is 0.215 e. The molecule has 22 heavy (non-hydrogen) atoms. The van der Waals surface area contributed by atoms with Gasteiger partial charge in [-0.2, -0.15) is 0 Å². The summed E-state index contributed by atoms with van der Waals surface area (Å²) in [5.74, 6) is -0.644. The topological polar surface area (TPSA) is 60.2 Å². The Balaban J connectivity index is 1.99. The largest absolute Gasteiger partial charge is 0.363 e. The molecule has 0 amide bonds. The van der Waals surface area contributed by atoms with E-state index in [1.807, 2.05) is 12.1 Å². The van der Waals surface area contributed by atoms with Crippen molar-refractivity contribution in [2.24, 2.45) is 0 Å². The fourth-order valence-electron chi connectivity index (χ4n) is 2.07. The summed E-state index contributed by atoms with van der Waals surface area (Å²) in [6.45, 7) is 0. The SMILES string of the molecule is O=C(c1ccccc1)c1conc1C(=O)c1cccc(Br)c1. The van der Waals surface area contributed by atoms with E-state index in [-0.39, 0.29) is 22.8 Å². The Morgan fingerprint density at radius 2 is 1.64 bits per heavy atom. The molecule has 0 aliphatic carbocycles. The van der Waals surface area contributed by atoms with Crippen molar-refractivity contribution in [1.82, 2.24) is 5.16 Å². The molecular weight excluding hydrogens is 346 g/mol. The second kappa shape index (κ2) is 6.07. The van der Waals surface area contributed by atoms with E-state index < -0.39 is 0 Å². The van der Waals surface area contributed by atoms with Crippen LogP contribution in [0.2, 0.25) is 0 Å². The summed E-state index contributed by atoms with van der Waals surface area (Å²) in [5, 5.41) is 3.71. The van der Waals surface area contributed by atoms with Gasteiger partial charge in [0.25, 0.3) is 0 Å². The van der Waals surface area contributed by atoms with Crippen LogP contribution in [0.1, 0.15) is 32.0 Å². The summed E-state index contributed by atoms with van der Waals surface area (Å²) in [7, 11) is 0. The third-order valence-corrected chi connectivity index (χ3v) is 3.65. The normalized spacial score (nSPS) is 10.4. The van der Waals surface area contributed by atoms with Crippen LogP contribution in [0.5, 0.6) is 0 Å². The maximum absolute atomic E-state index is 12.5. The fraction of sp³-hybridized carbons (Fsp3) is 0. The van der Waals surface area contributed by atoms with E-state index in [1.54, 1.807) is 42.5 Å². The molecule has 0 fully saturated rings. The number of aromatic nitrogens is 1. The van der Waals surface area contributed by atoms with Gasteiger partial charge < -0.3 is 4.52 Å². The van der Waals surface area contributed by atoms with E-state index in [4.69, 9.17) is 4.52 Å². The highest BCUT2D eigenvalue weighted by Gasteiger charge is 2.23. The van der Waals surface area contributed by atoms with Gasteiger partial charge in [0.15, 0.2) is 11.5 Å². The van der Waals surface area contributed by atoms with E-state index in [0.717, 1.165) is 4.47 Å². The van der Waals surface area contributed by atoms with Gasteiger partial charge in [0.2, 0.25) is 5.78 Å². The number of carbonyl (C=O) groups excluding carboxylic acids is 2. The van der Waals surface area contributed by atoms with Gasteiger partial charge in [-0.15, -0.1) is 0 Å². The number of ketones is 2. The third kappa shape index (κ3) is 2.76. The molecule has 0 aliphatic heterocycles. The summed E-state index contributed by atoms with van der Waals surface area (Å²) in [6, 6.07) is 15.6. The summed E-state index contributed by atoms with van der Waals surface area (Å²) < 4.78 is 5.63. The lowest BCUT2D eigenvalue weighted by molar-refractivity contribution is 0.1000. The predicted molar refractivity (Wildman–Crippen MR) is 84.0 cm³/mol. The maximum Gasteiger partial charge on any atom is 0.215 e. The highest BCUT2D eigenvalue weighted by atomic mass is 79.9. The Hall–Kier alpha value is -2.53. The Kier molecular flexibility index (Phi) is 3.98. The first kappa shape index (κ1) is 14.4. The van der Waals surface area contributed by atoms with Crippen molar-refractivity contribution in [1.29, 1.82) is 0 Å². The minimum absolute atomic E-state index is 0.0203. The molecule has 0 atom stereocenters. The first-order valence-electron chi connectivity index (χ1n) is 6.51. The molecule has 108 valence electrons. The Morgan fingerprint density at radius 3 is 2.36 bits per heavy atom. The molecule has 0 unspecified atom stereocenters. The molecular formula is C17H10BrNO3. The molecule has 4 nitrogen and oxygen atoms in total. The minimum Gasteiger partial charge on any atom is -0.363 e. The van der Waals surface area contributed by atoms with E-state index in [0.29, 0.717) is 11.1 Å². The first-order chi connectivity index (χ1) is 10.7. The molecule has 5 heteroatoms. The van der Waals surface area contributed by atoms with E-state index >= 15 is 0 Å². The standard InChI is InChI=1S/C17H10BrNO3/c18-13-8-4-7-12(9-13)17(21)15-14(10-22-19-15)16(20)11-5-2-1-3-6-11/h1-10H. The van der Waals surface area contributed by atoms with Crippen molar-refractivity contribution in [2.75, 3.05) is 0 Å². The third-order valence-electron chi connectivity index (χ3n) is 3.15. The minimum atomic E-state index is -0.352. The molecule has 0 bridgehead atoms. The summed E-state index contributed by atoms with van der Waals surface area (Å²) in [5.41, 5.74) is 1.10. The van der Waals surface area contributed by atoms with Gasteiger partial charge in [0, 0.05) is 15.6 Å². The number of carbonyl (C=O) groups is 2. The number of hydrogen-bond donors (Lipinski definition) is 0. The quantitative estimate of drug-likeness (QED) is 0.666. The Labute approximate surface area is 134 Å². The fourth-order valence-corrected chi connectivity index (χ4v) is 2.47. The molecule has 0 saturated carbocycles. The zero-order chi connectivity index (χ0) is 15.5. The molecule has 1 heterocycles. The van der Waals surface area contributed by atoms with Crippen molar-refractivity contribution in [2.45, 2.75) is 0 Å². The molecule has 0 aliphatic rings. The lowest BCUT2D eigenvalue weighted by Crippen LogP contribution is -2.10. The van der Waals surface area contributed by atoms with Crippen LogP contribution in [0.15, 0.2) is 69.9 Å². The zero-order valence-electron chi connectivity index (χ0n) is 11.3. The summed E-state index contributed by atoms with van der Waals surface area (Å²) in [6.07, 6.45) is 1.21. The van der Waals surface area contributed by atoms with Crippen LogP contribution in [0.4, 0.5) is 0 Å². The lowest BCUT2D eigenvalue weighted by atomic mass is 10.00. The van der Waals surface area contributed by atoms with Crippen LogP contribution in [-0.4, -0.2) is 16.7 Å². The zero-order valence-corrected chi connectivity index (χ0v) is 12.9. The van der Waals surface area contributed by atoms with Crippen molar-refractivity contribution in [3.8, 4) is 0 Å². The van der Waals surface area contributed by atoms with Crippen molar-refractivity contribution >= 4 is 27.5 Å². The van der Waals surface area contributed by atoms with Crippen LogP contribution in [0.25, 0.3) is 0 Å². The van der Waals surface area contributed by atoms with Crippen molar-refractivity contribution < 1.29 is 14.1 Å². The first-order valence-corrected chi connectivity index (χ1v) is 7.30. The molecule has 0 radical (unpaired) electrons. The molecule has 0 spiro atoms. The van der Waals surface area contributed by atoms with Crippen LogP contribution in [0, 0.1) is 0 Å². The molecule has 2 aromatic carbocycles. The number of halogens is 1. The predicted octanol–water partition coefficient (Wildman–Crippen LogP) is 3.90.